The first-order chi connectivity index (χ1) is 5.65. The van der Waals surface area contributed by atoms with Crippen molar-refractivity contribution < 1.29 is 9.59 Å². The molecule has 2 nitrogen and oxygen atoms in total. The van der Waals surface area contributed by atoms with Gasteiger partial charge in [-0.2, -0.15) is 0 Å². The molecule has 2 unspecified atom stereocenters. The molecule has 0 aliphatic heterocycles. The smallest absolute Gasteiger partial charge is 0.159 e. The third-order valence-corrected chi connectivity index (χ3v) is 2.29. The molecule has 0 aromatic carbocycles. The van der Waals surface area contributed by atoms with Gasteiger partial charge in [0.05, 0.1) is 0 Å². The lowest BCUT2D eigenvalue weighted by molar-refractivity contribution is -0.119. The van der Waals surface area contributed by atoms with Gasteiger partial charge in [0.25, 0.3) is 0 Å². The molecule has 0 spiro atoms. The zero-order valence-electron chi connectivity index (χ0n) is 7.54. The Morgan fingerprint density at radius 1 is 1.67 bits per heavy atom. The van der Waals surface area contributed by atoms with E-state index >= 15 is 0 Å². The Morgan fingerprint density at radius 2 is 2.33 bits per heavy atom. The van der Waals surface area contributed by atoms with E-state index in [-0.39, 0.29) is 11.7 Å². The summed E-state index contributed by atoms with van der Waals surface area (Å²) in [6, 6.07) is 0. The number of hydrogen-bond donors (Lipinski definition) is 0. The molecule has 0 aromatic heterocycles. The van der Waals surface area contributed by atoms with Gasteiger partial charge < -0.3 is 4.79 Å². The van der Waals surface area contributed by atoms with Gasteiger partial charge in [-0.1, -0.05) is 19.9 Å². The third-order valence-electron chi connectivity index (χ3n) is 2.29. The second-order valence-corrected chi connectivity index (χ2v) is 3.55. The summed E-state index contributed by atoms with van der Waals surface area (Å²) in [7, 11) is 0. The van der Waals surface area contributed by atoms with Crippen molar-refractivity contribution >= 4 is 12.1 Å². The van der Waals surface area contributed by atoms with E-state index in [0.29, 0.717) is 17.9 Å². The van der Waals surface area contributed by atoms with E-state index in [2.05, 4.69) is 6.92 Å². The Kier molecular flexibility index (Phi) is 2.79. The molecule has 0 bridgehead atoms. The highest BCUT2D eigenvalue weighted by Gasteiger charge is 2.22. The normalized spacial score (nSPS) is 26.3. The zero-order chi connectivity index (χ0) is 9.14. The minimum absolute atomic E-state index is 0.147. The molecule has 2 atom stereocenters. The highest BCUT2D eigenvalue weighted by atomic mass is 16.1. The summed E-state index contributed by atoms with van der Waals surface area (Å²) in [4.78, 5) is 21.8. The number of carbonyl (C=O) groups is 2. The van der Waals surface area contributed by atoms with Crippen LogP contribution in [0.15, 0.2) is 11.6 Å². The maximum Gasteiger partial charge on any atom is 0.159 e. The zero-order valence-corrected chi connectivity index (χ0v) is 7.54. The van der Waals surface area contributed by atoms with E-state index in [0.717, 1.165) is 12.7 Å². The number of carbonyl (C=O) groups excluding carboxylic acids is 2. The number of allylic oxidation sites excluding steroid dienone is 2. The van der Waals surface area contributed by atoms with E-state index in [1.807, 2.05) is 6.08 Å². The van der Waals surface area contributed by atoms with Crippen LogP contribution in [0.2, 0.25) is 0 Å². The fourth-order valence-electron chi connectivity index (χ4n) is 1.47. The standard InChI is InChI=1S/C10H14O2/c1-7-3-4-9(8(2)6-11)10(12)5-7/h4,6-8H,3,5H2,1-2H3. The van der Waals surface area contributed by atoms with E-state index in [1.54, 1.807) is 6.92 Å². The lowest BCUT2D eigenvalue weighted by atomic mass is 9.85. The first-order valence-corrected chi connectivity index (χ1v) is 4.33. The monoisotopic (exact) mass is 166 g/mol. The fraction of sp³-hybridized carbons (Fsp3) is 0.600. The molecule has 2 heteroatoms. The van der Waals surface area contributed by atoms with Gasteiger partial charge in [-0.25, -0.2) is 0 Å². The van der Waals surface area contributed by atoms with Crippen LogP contribution in [0, 0.1) is 11.8 Å². The first-order valence-electron chi connectivity index (χ1n) is 4.33. The molecule has 12 heavy (non-hydrogen) atoms. The second kappa shape index (κ2) is 3.65. The third kappa shape index (κ3) is 1.81. The van der Waals surface area contributed by atoms with Crippen LogP contribution in [-0.2, 0) is 9.59 Å². The number of Topliss-reactive ketones (excluding diaryl/α,β-unsaturated/α-hetero) is 1. The van der Waals surface area contributed by atoms with Crippen LogP contribution in [0.1, 0.15) is 26.7 Å². The maximum absolute atomic E-state index is 11.4. The molecule has 0 saturated heterocycles. The molecule has 0 N–H and O–H groups in total. The lowest BCUT2D eigenvalue weighted by Gasteiger charge is -2.18. The predicted molar refractivity (Wildman–Crippen MR) is 46.7 cm³/mol. The minimum atomic E-state index is -0.218. The molecule has 1 rings (SSSR count). The maximum atomic E-state index is 11.4. The summed E-state index contributed by atoms with van der Waals surface area (Å²) in [5.74, 6) is 0.374. The first kappa shape index (κ1) is 9.17. The number of rotatable bonds is 2. The highest BCUT2D eigenvalue weighted by Crippen LogP contribution is 2.23. The quantitative estimate of drug-likeness (QED) is 0.585. The number of aldehydes is 1. The van der Waals surface area contributed by atoms with Gasteiger partial charge in [-0.3, -0.25) is 4.79 Å². The van der Waals surface area contributed by atoms with Crippen molar-refractivity contribution in [3.05, 3.63) is 11.6 Å². The molecule has 66 valence electrons. The van der Waals surface area contributed by atoms with Crippen LogP contribution >= 0.6 is 0 Å². The van der Waals surface area contributed by atoms with Gasteiger partial charge >= 0.3 is 0 Å². The topological polar surface area (TPSA) is 34.1 Å². The van der Waals surface area contributed by atoms with Crippen molar-refractivity contribution in [2.75, 3.05) is 0 Å². The molecule has 0 fully saturated rings. The van der Waals surface area contributed by atoms with Crippen LogP contribution in [0.4, 0.5) is 0 Å². The van der Waals surface area contributed by atoms with Gasteiger partial charge in [-0.05, 0) is 12.3 Å². The lowest BCUT2D eigenvalue weighted by Crippen LogP contribution is -2.18. The van der Waals surface area contributed by atoms with Gasteiger partial charge in [0.1, 0.15) is 6.29 Å². The minimum Gasteiger partial charge on any atom is -0.303 e. The highest BCUT2D eigenvalue weighted by molar-refractivity contribution is 5.99. The van der Waals surface area contributed by atoms with Gasteiger partial charge in [0, 0.05) is 17.9 Å². The number of ketones is 1. The average Bonchev–Trinajstić information content (AvgIpc) is 2.03. The fourth-order valence-corrected chi connectivity index (χ4v) is 1.47. The van der Waals surface area contributed by atoms with Crippen LogP contribution in [0.5, 0.6) is 0 Å². The molecule has 0 saturated carbocycles. The molecular formula is C10H14O2. The van der Waals surface area contributed by atoms with E-state index < -0.39 is 0 Å². The average molecular weight is 166 g/mol. The molecule has 1 aliphatic rings. The van der Waals surface area contributed by atoms with Crippen molar-refractivity contribution in [2.24, 2.45) is 11.8 Å². The Labute approximate surface area is 72.7 Å². The molecule has 0 radical (unpaired) electrons. The Morgan fingerprint density at radius 3 is 2.83 bits per heavy atom. The second-order valence-electron chi connectivity index (χ2n) is 3.55. The summed E-state index contributed by atoms with van der Waals surface area (Å²) >= 11 is 0. The van der Waals surface area contributed by atoms with Crippen molar-refractivity contribution in [3.63, 3.8) is 0 Å². The van der Waals surface area contributed by atoms with E-state index in [9.17, 15) is 9.59 Å². The molecule has 0 amide bonds. The molecule has 1 aliphatic carbocycles. The van der Waals surface area contributed by atoms with Crippen LogP contribution < -0.4 is 0 Å². The van der Waals surface area contributed by atoms with Crippen molar-refractivity contribution in [2.45, 2.75) is 26.7 Å². The van der Waals surface area contributed by atoms with Crippen molar-refractivity contribution in [1.29, 1.82) is 0 Å². The largest absolute Gasteiger partial charge is 0.303 e. The van der Waals surface area contributed by atoms with Crippen LogP contribution in [0.25, 0.3) is 0 Å². The van der Waals surface area contributed by atoms with Gasteiger partial charge in [-0.15, -0.1) is 0 Å². The Bertz CT molecular complexity index is 228. The SMILES string of the molecule is CC1CC=C(C(C)C=O)C(=O)C1. The van der Waals surface area contributed by atoms with Gasteiger partial charge in [0.15, 0.2) is 5.78 Å². The summed E-state index contributed by atoms with van der Waals surface area (Å²) < 4.78 is 0. The van der Waals surface area contributed by atoms with E-state index in [4.69, 9.17) is 0 Å². The molecule has 0 heterocycles. The van der Waals surface area contributed by atoms with E-state index in [1.165, 1.54) is 0 Å². The summed E-state index contributed by atoms with van der Waals surface area (Å²) in [5, 5.41) is 0. The van der Waals surface area contributed by atoms with Crippen molar-refractivity contribution in [1.82, 2.24) is 0 Å². The van der Waals surface area contributed by atoms with Crippen LogP contribution in [-0.4, -0.2) is 12.1 Å². The molecule has 0 aromatic rings. The van der Waals surface area contributed by atoms with Crippen molar-refractivity contribution in [3.8, 4) is 0 Å². The summed E-state index contributed by atoms with van der Waals surface area (Å²) in [5.41, 5.74) is 0.711. The Hall–Kier alpha value is -0.920. The summed E-state index contributed by atoms with van der Waals surface area (Å²) in [6.07, 6.45) is 4.28. The number of hydrogen-bond acceptors (Lipinski definition) is 2. The predicted octanol–water partition coefficient (Wildman–Crippen LogP) is 1.75. The van der Waals surface area contributed by atoms with Gasteiger partial charge in [0.2, 0.25) is 0 Å². The Balaban J connectivity index is 2.77. The summed E-state index contributed by atoms with van der Waals surface area (Å²) in [6.45, 7) is 3.82. The van der Waals surface area contributed by atoms with Crippen LogP contribution in [0.3, 0.4) is 0 Å². The molecular weight excluding hydrogens is 152 g/mol.